The largest absolute Gasteiger partial charge is 0.345 e. The first-order valence-electron chi connectivity index (χ1n) is 9.74. The molecule has 2 aromatic rings. The van der Waals surface area contributed by atoms with Crippen LogP contribution in [0.5, 0.6) is 0 Å². The predicted molar refractivity (Wildman–Crippen MR) is 108 cm³/mol. The van der Waals surface area contributed by atoms with Crippen molar-refractivity contribution >= 4 is 6.03 Å². The van der Waals surface area contributed by atoms with E-state index in [1.807, 2.05) is 50.1 Å². The van der Waals surface area contributed by atoms with Crippen molar-refractivity contribution in [3.8, 4) is 0 Å². The standard InChI is InChI=1S/C22H32FN3O/c1-5-6-7-13-26(21(27)24-22(2,3)4)17-20-12-9-14-25(20)16-18-10-8-11-19(23)15-18/h8-12,14-15H,5-7,13,16-17H2,1-4H3,(H,24,27). The Kier molecular flexibility index (Phi) is 7.45. The van der Waals surface area contributed by atoms with Crippen molar-refractivity contribution in [2.24, 2.45) is 0 Å². The summed E-state index contributed by atoms with van der Waals surface area (Å²) in [5.74, 6) is -0.230. The number of carbonyl (C=O) groups excluding carboxylic acids is 1. The second-order valence-corrected chi connectivity index (χ2v) is 8.07. The summed E-state index contributed by atoms with van der Waals surface area (Å²) in [6.07, 6.45) is 5.18. The van der Waals surface area contributed by atoms with E-state index in [4.69, 9.17) is 0 Å². The highest BCUT2D eigenvalue weighted by Gasteiger charge is 2.20. The van der Waals surface area contributed by atoms with Crippen molar-refractivity contribution in [2.75, 3.05) is 6.54 Å². The lowest BCUT2D eigenvalue weighted by molar-refractivity contribution is 0.183. The number of hydrogen-bond acceptors (Lipinski definition) is 1. The number of hydrogen-bond donors (Lipinski definition) is 1. The van der Waals surface area contributed by atoms with E-state index in [0.717, 1.165) is 37.1 Å². The number of benzene rings is 1. The first-order chi connectivity index (χ1) is 12.8. The molecule has 0 radical (unpaired) electrons. The highest BCUT2D eigenvalue weighted by atomic mass is 19.1. The summed E-state index contributed by atoms with van der Waals surface area (Å²) in [5, 5.41) is 3.06. The Morgan fingerprint density at radius 1 is 1.19 bits per heavy atom. The molecule has 0 saturated carbocycles. The van der Waals surface area contributed by atoms with E-state index in [9.17, 15) is 9.18 Å². The lowest BCUT2D eigenvalue weighted by Gasteiger charge is -2.29. The zero-order valence-electron chi connectivity index (χ0n) is 17.0. The van der Waals surface area contributed by atoms with Crippen LogP contribution in [0.15, 0.2) is 42.6 Å². The van der Waals surface area contributed by atoms with E-state index in [0.29, 0.717) is 13.1 Å². The van der Waals surface area contributed by atoms with Gasteiger partial charge in [-0.1, -0.05) is 31.9 Å². The monoisotopic (exact) mass is 373 g/mol. The summed E-state index contributed by atoms with van der Waals surface area (Å²) >= 11 is 0. The molecule has 0 unspecified atom stereocenters. The molecule has 0 aliphatic heterocycles. The topological polar surface area (TPSA) is 37.3 Å². The molecule has 0 spiro atoms. The van der Waals surface area contributed by atoms with E-state index in [1.165, 1.54) is 6.07 Å². The number of rotatable bonds is 8. The molecule has 0 aliphatic carbocycles. The van der Waals surface area contributed by atoms with Crippen LogP contribution in [0, 0.1) is 5.82 Å². The number of aromatic nitrogens is 1. The molecule has 4 nitrogen and oxygen atoms in total. The Labute approximate surface area is 162 Å². The SMILES string of the molecule is CCCCCN(Cc1cccn1Cc1cccc(F)c1)C(=O)NC(C)(C)C. The van der Waals surface area contributed by atoms with Crippen LogP contribution in [-0.4, -0.2) is 27.6 Å². The highest BCUT2D eigenvalue weighted by molar-refractivity contribution is 5.74. The van der Waals surface area contributed by atoms with Gasteiger partial charge in [-0.3, -0.25) is 0 Å². The van der Waals surface area contributed by atoms with Gasteiger partial charge in [-0.2, -0.15) is 0 Å². The average molecular weight is 374 g/mol. The molecule has 5 heteroatoms. The fraction of sp³-hybridized carbons (Fsp3) is 0.500. The predicted octanol–water partition coefficient (Wildman–Crippen LogP) is 5.18. The Bertz CT molecular complexity index is 733. The highest BCUT2D eigenvalue weighted by Crippen LogP contribution is 2.13. The third-order valence-corrected chi connectivity index (χ3v) is 4.32. The van der Waals surface area contributed by atoms with Crippen LogP contribution >= 0.6 is 0 Å². The van der Waals surface area contributed by atoms with Gasteiger partial charge in [0.1, 0.15) is 5.82 Å². The van der Waals surface area contributed by atoms with Gasteiger partial charge in [-0.25, -0.2) is 9.18 Å². The minimum atomic E-state index is -0.274. The Morgan fingerprint density at radius 3 is 2.63 bits per heavy atom. The van der Waals surface area contributed by atoms with Crippen molar-refractivity contribution in [3.63, 3.8) is 0 Å². The Hall–Kier alpha value is -2.30. The maximum atomic E-state index is 13.5. The third kappa shape index (κ3) is 7.08. The molecule has 0 aliphatic rings. The lowest BCUT2D eigenvalue weighted by atomic mass is 10.1. The first-order valence-corrected chi connectivity index (χ1v) is 9.74. The maximum Gasteiger partial charge on any atom is 0.318 e. The maximum absolute atomic E-state index is 13.5. The molecule has 0 atom stereocenters. The second-order valence-electron chi connectivity index (χ2n) is 8.07. The van der Waals surface area contributed by atoms with Crippen molar-refractivity contribution in [3.05, 3.63) is 59.7 Å². The van der Waals surface area contributed by atoms with Crippen molar-refractivity contribution in [2.45, 2.75) is 65.6 Å². The first kappa shape index (κ1) is 21.0. The molecule has 2 rings (SSSR count). The summed E-state index contributed by atoms with van der Waals surface area (Å²) < 4.78 is 15.5. The molecule has 0 fully saturated rings. The van der Waals surface area contributed by atoms with E-state index < -0.39 is 0 Å². The van der Waals surface area contributed by atoms with E-state index in [-0.39, 0.29) is 17.4 Å². The van der Waals surface area contributed by atoms with Crippen LogP contribution in [0.2, 0.25) is 0 Å². The van der Waals surface area contributed by atoms with Gasteiger partial charge in [0.25, 0.3) is 0 Å². The average Bonchev–Trinajstić information content (AvgIpc) is 2.99. The van der Waals surface area contributed by atoms with Crippen molar-refractivity contribution < 1.29 is 9.18 Å². The van der Waals surface area contributed by atoms with Crippen molar-refractivity contribution in [1.29, 1.82) is 0 Å². The minimum Gasteiger partial charge on any atom is -0.345 e. The fourth-order valence-corrected chi connectivity index (χ4v) is 2.98. The molecule has 1 aromatic heterocycles. The molecule has 1 N–H and O–H groups in total. The molecule has 1 heterocycles. The third-order valence-electron chi connectivity index (χ3n) is 4.32. The zero-order valence-corrected chi connectivity index (χ0v) is 17.0. The molecule has 1 aromatic carbocycles. The molecule has 0 saturated heterocycles. The minimum absolute atomic E-state index is 0.0443. The normalized spacial score (nSPS) is 11.4. The summed E-state index contributed by atoms with van der Waals surface area (Å²) in [6.45, 7) is 9.97. The van der Waals surface area contributed by atoms with Gasteiger partial charge in [0, 0.05) is 30.5 Å². The number of urea groups is 1. The molecule has 27 heavy (non-hydrogen) atoms. The van der Waals surface area contributed by atoms with E-state index >= 15 is 0 Å². The molecule has 2 amide bonds. The van der Waals surface area contributed by atoms with Gasteiger partial charge in [0.2, 0.25) is 0 Å². The fourth-order valence-electron chi connectivity index (χ4n) is 2.98. The molecule has 0 bridgehead atoms. The summed E-state index contributed by atoms with van der Waals surface area (Å²) in [4.78, 5) is 14.6. The Balaban J connectivity index is 2.12. The molecular weight excluding hydrogens is 341 g/mol. The smallest absolute Gasteiger partial charge is 0.318 e. The van der Waals surface area contributed by atoms with Crippen LogP contribution in [0.25, 0.3) is 0 Å². The number of nitrogens with one attached hydrogen (secondary N) is 1. The van der Waals surface area contributed by atoms with Gasteiger partial charge in [-0.05, 0) is 57.0 Å². The van der Waals surface area contributed by atoms with Gasteiger partial charge >= 0.3 is 6.03 Å². The van der Waals surface area contributed by atoms with Crippen LogP contribution in [0.3, 0.4) is 0 Å². The number of nitrogens with zero attached hydrogens (tertiary/aromatic N) is 2. The Morgan fingerprint density at radius 2 is 1.96 bits per heavy atom. The van der Waals surface area contributed by atoms with Crippen LogP contribution in [-0.2, 0) is 13.1 Å². The van der Waals surface area contributed by atoms with Gasteiger partial charge in [-0.15, -0.1) is 0 Å². The number of carbonyl (C=O) groups is 1. The zero-order chi connectivity index (χ0) is 19.9. The van der Waals surface area contributed by atoms with Crippen LogP contribution in [0.1, 0.15) is 58.2 Å². The lowest BCUT2D eigenvalue weighted by Crippen LogP contribution is -2.48. The number of halogens is 1. The van der Waals surface area contributed by atoms with E-state index in [1.54, 1.807) is 12.1 Å². The molecule has 148 valence electrons. The van der Waals surface area contributed by atoms with Crippen LogP contribution < -0.4 is 5.32 Å². The summed E-state index contributed by atoms with van der Waals surface area (Å²) in [6, 6.07) is 10.6. The quantitative estimate of drug-likeness (QED) is 0.636. The van der Waals surface area contributed by atoms with Crippen molar-refractivity contribution in [1.82, 2.24) is 14.8 Å². The summed E-state index contributed by atoms with van der Waals surface area (Å²) in [7, 11) is 0. The number of unbranched alkanes of at least 4 members (excludes halogenated alkanes) is 2. The second kappa shape index (κ2) is 9.58. The summed E-state index contributed by atoms with van der Waals surface area (Å²) in [5.41, 5.74) is 1.67. The van der Waals surface area contributed by atoms with Gasteiger partial charge < -0.3 is 14.8 Å². The molecular formula is C22H32FN3O. The number of amides is 2. The van der Waals surface area contributed by atoms with E-state index in [2.05, 4.69) is 16.8 Å². The van der Waals surface area contributed by atoms with Gasteiger partial charge in [0.05, 0.1) is 6.54 Å². The van der Waals surface area contributed by atoms with Crippen LogP contribution in [0.4, 0.5) is 9.18 Å². The van der Waals surface area contributed by atoms with Gasteiger partial charge in [0.15, 0.2) is 0 Å².